The van der Waals surface area contributed by atoms with Crippen molar-refractivity contribution in [2.24, 2.45) is 0 Å². The van der Waals surface area contributed by atoms with Crippen molar-refractivity contribution in [2.45, 2.75) is 44.3 Å². The Morgan fingerprint density at radius 1 is 1.22 bits per heavy atom. The van der Waals surface area contributed by atoms with Crippen LogP contribution in [0.3, 0.4) is 0 Å². The minimum Gasteiger partial charge on any atom is -0.485 e. The van der Waals surface area contributed by atoms with Crippen molar-refractivity contribution in [1.29, 1.82) is 0 Å². The number of aromatic nitrogens is 2. The number of fused-ring (bicyclic) bond motifs is 1. The molecule has 1 aliphatic carbocycles. The van der Waals surface area contributed by atoms with E-state index < -0.39 is 5.60 Å². The molecule has 122 valence electrons. The summed E-state index contributed by atoms with van der Waals surface area (Å²) in [7, 11) is 0. The highest BCUT2D eigenvalue weighted by atomic mass is 16.6. The Morgan fingerprint density at radius 3 is 2.78 bits per heavy atom. The molecule has 1 aromatic heterocycles. The molecule has 1 saturated carbocycles. The van der Waals surface area contributed by atoms with Crippen molar-refractivity contribution in [1.82, 2.24) is 10.1 Å². The van der Waals surface area contributed by atoms with Gasteiger partial charge in [0.2, 0.25) is 5.82 Å². The molecule has 6 nitrogen and oxygen atoms in total. The van der Waals surface area contributed by atoms with Crippen molar-refractivity contribution in [3.8, 4) is 11.5 Å². The third kappa shape index (κ3) is 2.57. The molecule has 2 aromatic rings. The van der Waals surface area contributed by atoms with Crippen molar-refractivity contribution in [2.75, 3.05) is 13.2 Å². The van der Waals surface area contributed by atoms with Gasteiger partial charge in [-0.3, -0.25) is 0 Å². The fourth-order valence-electron chi connectivity index (χ4n) is 3.34. The van der Waals surface area contributed by atoms with E-state index in [1.54, 1.807) is 0 Å². The van der Waals surface area contributed by atoms with Gasteiger partial charge in [0, 0.05) is 6.61 Å². The Kier molecular flexibility index (Phi) is 3.69. The molecule has 4 rings (SSSR count). The Balaban J connectivity index is 1.57. The minimum atomic E-state index is -0.423. The first-order chi connectivity index (χ1) is 11.3. The van der Waals surface area contributed by atoms with Gasteiger partial charge in [0.25, 0.3) is 5.89 Å². The third-order valence-electron chi connectivity index (χ3n) is 4.46. The quantitative estimate of drug-likeness (QED) is 0.861. The highest BCUT2D eigenvalue weighted by Crippen LogP contribution is 2.42. The summed E-state index contributed by atoms with van der Waals surface area (Å²) in [4.78, 5) is 4.57. The fourth-order valence-corrected chi connectivity index (χ4v) is 3.34. The lowest BCUT2D eigenvalue weighted by atomic mass is 10.0. The van der Waals surface area contributed by atoms with Crippen LogP contribution in [-0.4, -0.2) is 23.4 Å². The van der Waals surface area contributed by atoms with E-state index in [0.29, 0.717) is 30.7 Å². The topological polar surface area (TPSA) is 66.6 Å². The fraction of sp³-hybridized carbons (Fsp3) is 0.529. The van der Waals surface area contributed by atoms with Gasteiger partial charge in [-0.15, -0.1) is 0 Å². The zero-order valence-electron chi connectivity index (χ0n) is 13.2. The highest BCUT2D eigenvalue weighted by molar-refractivity contribution is 5.40. The van der Waals surface area contributed by atoms with Crippen LogP contribution < -0.4 is 9.47 Å². The second-order valence-corrected chi connectivity index (χ2v) is 5.96. The molecule has 1 aromatic carbocycles. The lowest BCUT2D eigenvalue weighted by Gasteiger charge is -2.25. The maximum Gasteiger partial charge on any atom is 0.259 e. The Morgan fingerprint density at radius 2 is 2.00 bits per heavy atom. The van der Waals surface area contributed by atoms with E-state index in [1.165, 1.54) is 0 Å². The van der Waals surface area contributed by atoms with Crippen molar-refractivity contribution in [3.05, 3.63) is 36.0 Å². The molecule has 0 N–H and O–H groups in total. The zero-order chi connectivity index (χ0) is 15.7. The van der Waals surface area contributed by atoms with Gasteiger partial charge in [-0.05, 0) is 44.7 Å². The van der Waals surface area contributed by atoms with E-state index in [2.05, 4.69) is 10.1 Å². The van der Waals surface area contributed by atoms with Gasteiger partial charge in [0.1, 0.15) is 12.2 Å². The predicted molar refractivity (Wildman–Crippen MR) is 81.4 cm³/mol. The van der Waals surface area contributed by atoms with Crippen LogP contribution in [0.25, 0.3) is 0 Å². The zero-order valence-corrected chi connectivity index (χ0v) is 13.2. The van der Waals surface area contributed by atoms with Gasteiger partial charge in [0.05, 0.1) is 0 Å². The van der Waals surface area contributed by atoms with Crippen molar-refractivity contribution < 1.29 is 18.7 Å². The van der Waals surface area contributed by atoms with Crippen LogP contribution >= 0.6 is 0 Å². The molecular weight excluding hydrogens is 296 g/mol. The molecule has 0 radical (unpaired) electrons. The molecule has 1 unspecified atom stereocenters. The monoisotopic (exact) mass is 316 g/mol. The van der Waals surface area contributed by atoms with Gasteiger partial charge in [-0.2, -0.15) is 4.98 Å². The summed E-state index contributed by atoms with van der Waals surface area (Å²) >= 11 is 0. The number of hydrogen-bond acceptors (Lipinski definition) is 6. The van der Waals surface area contributed by atoms with E-state index in [9.17, 15) is 0 Å². The number of benzene rings is 1. The number of hydrogen-bond donors (Lipinski definition) is 0. The van der Waals surface area contributed by atoms with E-state index in [1.807, 2.05) is 31.2 Å². The molecular formula is C17H20N2O4. The van der Waals surface area contributed by atoms with Gasteiger partial charge in [-0.25, -0.2) is 0 Å². The molecule has 6 heteroatoms. The van der Waals surface area contributed by atoms with Crippen molar-refractivity contribution in [3.63, 3.8) is 0 Å². The molecule has 0 bridgehead atoms. The first-order valence-corrected chi connectivity index (χ1v) is 8.17. The Hall–Kier alpha value is -2.08. The average Bonchev–Trinajstić information content (AvgIpc) is 3.25. The average molecular weight is 316 g/mol. The summed E-state index contributed by atoms with van der Waals surface area (Å²) in [6, 6.07) is 7.59. The third-order valence-corrected chi connectivity index (χ3v) is 4.46. The highest BCUT2D eigenvalue weighted by Gasteiger charge is 2.42. The summed E-state index contributed by atoms with van der Waals surface area (Å²) in [6.45, 7) is 3.00. The van der Waals surface area contributed by atoms with Crippen LogP contribution in [0.15, 0.2) is 28.8 Å². The number of rotatable bonds is 4. The molecule has 0 spiro atoms. The van der Waals surface area contributed by atoms with Crippen LogP contribution in [-0.2, 0) is 10.3 Å². The first-order valence-electron chi connectivity index (χ1n) is 8.17. The molecule has 1 fully saturated rings. The van der Waals surface area contributed by atoms with Gasteiger partial charge >= 0.3 is 0 Å². The van der Waals surface area contributed by atoms with Crippen LogP contribution in [0.5, 0.6) is 11.5 Å². The smallest absolute Gasteiger partial charge is 0.259 e. The van der Waals surface area contributed by atoms with E-state index in [0.717, 1.165) is 31.4 Å². The number of nitrogens with zero attached hydrogens (tertiary/aromatic N) is 2. The second-order valence-electron chi connectivity index (χ2n) is 5.96. The lowest BCUT2D eigenvalue weighted by molar-refractivity contribution is -0.0610. The van der Waals surface area contributed by atoms with E-state index >= 15 is 0 Å². The minimum absolute atomic E-state index is 0.359. The first kappa shape index (κ1) is 14.5. The molecule has 23 heavy (non-hydrogen) atoms. The van der Waals surface area contributed by atoms with Gasteiger partial charge in [0.15, 0.2) is 17.6 Å². The Bertz CT molecular complexity index is 679. The summed E-state index contributed by atoms with van der Waals surface area (Å²) in [6.07, 6.45) is 3.73. The van der Waals surface area contributed by atoms with Crippen LogP contribution in [0.4, 0.5) is 0 Å². The molecule has 0 amide bonds. The lowest BCUT2D eigenvalue weighted by Crippen LogP contribution is -2.27. The number of ether oxygens (including phenoxy) is 3. The predicted octanol–water partition coefficient (Wildman–Crippen LogP) is 3.39. The van der Waals surface area contributed by atoms with E-state index in [-0.39, 0.29) is 6.10 Å². The second kappa shape index (κ2) is 5.85. The van der Waals surface area contributed by atoms with Crippen LogP contribution in [0, 0.1) is 0 Å². The SMILES string of the molecule is CCOC1(c2nc(C3COc4ccccc4O3)no2)CCCC1. The summed E-state index contributed by atoms with van der Waals surface area (Å²) in [5.41, 5.74) is -0.423. The molecule has 2 aliphatic rings. The maximum atomic E-state index is 5.97. The number of para-hydroxylation sites is 2. The molecule has 2 heterocycles. The normalized spacial score (nSPS) is 22.2. The molecule has 1 aliphatic heterocycles. The standard InChI is InChI=1S/C17H20N2O4/c1-2-21-17(9-5-6-10-17)16-18-15(19-23-16)14-11-20-12-7-3-4-8-13(12)22-14/h3-4,7-8,14H,2,5-6,9-11H2,1H3. The molecule has 1 atom stereocenters. The van der Waals surface area contributed by atoms with Crippen LogP contribution in [0.2, 0.25) is 0 Å². The van der Waals surface area contributed by atoms with E-state index in [4.69, 9.17) is 18.7 Å². The van der Waals surface area contributed by atoms with Gasteiger partial charge < -0.3 is 18.7 Å². The van der Waals surface area contributed by atoms with Crippen LogP contribution in [0.1, 0.15) is 50.4 Å². The Labute approximate surface area is 134 Å². The maximum absolute atomic E-state index is 5.97. The molecule has 0 saturated heterocycles. The van der Waals surface area contributed by atoms with Crippen molar-refractivity contribution >= 4 is 0 Å². The summed E-state index contributed by atoms with van der Waals surface area (Å²) in [5, 5.41) is 4.11. The summed E-state index contributed by atoms with van der Waals surface area (Å²) < 4.78 is 23.1. The van der Waals surface area contributed by atoms with Gasteiger partial charge in [-0.1, -0.05) is 17.3 Å². The largest absolute Gasteiger partial charge is 0.485 e. The summed E-state index contributed by atoms with van der Waals surface area (Å²) in [5.74, 6) is 2.53.